The van der Waals surface area contributed by atoms with Gasteiger partial charge in [0.2, 0.25) is 5.89 Å². The smallest absolute Gasteiger partial charge is 0.228 e. The molecule has 0 aliphatic heterocycles. The zero-order chi connectivity index (χ0) is 15.9. The van der Waals surface area contributed by atoms with Gasteiger partial charge in [-0.3, -0.25) is 4.99 Å². The third-order valence-corrected chi connectivity index (χ3v) is 3.14. The number of hydrogen-bond acceptors (Lipinski definition) is 4. The van der Waals surface area contributed by atoms with Gasteiger partial charge in [0.25, 0.3) is 0 Å². The van der Waals surface area contributed by atoms with Gasteiger partial charge in [-0.05, 0) is 32.1 Å². The summed E-state index contributed by atoms with van der Waals surface area (Å²) in [5.74, 6) is 2.13. The highest BCUT2D eigenvalue weighted by Crippen LogP contribution is 2.21. The minimum atomic E-state index is 0. The first-order chi connectivity index (χ1) is 9.80. The number of nitrogens with one attached hydrogen (secondary N) is 2. The van der Waals surface area contributed by atoms with E-state index in [4.69, 9.17) is 4.52 Å². The molecule has 128 valence electrons. The average Bonchev–Trinajstić information content (AvgIpc) is 2.80. The number of rotatable bonds is 6. The van der Waals surface area contributed by atoms with E-state index in [0.29, 0.717) is 36.1 Å². The van der Waals surface area contributed by atoms with Gasteiger partial charge in [0.1, 0.15) is 0 Å². The van der Waals surface area contributed by atoms with Crippen LogP contribution < -0.4 is 10.6 Å². The van der Waals surface area contributed by atoms with Gasteiger partial charge in [-0.2, -0.15) is 4.98 Å². The summed E-state index contributed by atoms with van der Waals surface area (Å²) in [5, 5.41) is 10.4. The van der Waals surface area contributed by atoms with Crippen LogP contribution in [0.1, 0.15) is 52.3 Å². The lowest BCUT2D eigenvalue weighted by Crippen LogP contribution is -2.43. The number of aromatic nitrogens is 2. The molecule has 0 fully saturated rings. The molecule has 22 heavy (non-hydrogen) atoms. The third-order valence-electron chi connectivity index (χ3n) is 3.14. The minimum absolute atomic E-state index is 0. The molecular weight excluding hydrogens is 393 g/mol. The molecule has 1 aromatic rings. The molecule has 0 aromatic carbocycles. The van der Waals surface area contributed by atoms with Crippen LogP contribution in [0.25, 0.3) is 0 Å². The van der Waals surface area contributed by atoms with Crippen molar-refractivity contribution in [3.05, 3.63) is 11.7 Å². The zero-order valence-electron chi connectivity index (χ0n) is 14.6. The standard InChI is InChI=1S/C15H29N5O.HI/c1-11(7-9-15(3,4)5)18-14(16-6)17-10-8-13-19-12(2)20-21-13;/h11H,7-10H2,1-6H3,(H2,16,17,18);1H. The second-order valence-corrected chi connectivity index (χ2v) is 6.63. The molecule has 0 amide bonds. The Kier molecular flexibility index (Phi) is 9.63. The summed E-state index contributed by atoms with van der Waals surface area (Å²) in [7, 11) is 1.78. The van der Waals surface area contributed by atoms with Gasteiger partial charge in [-0.15, -0.1) is 24.0 Å². The molecule has 7 heteroatoms. The minimum Gasteiger partial charge on any atom is -0.356 e. The van der Waals surface area contributed by atoms with Crippen molar-refractivity contribution in [1.82, 2.24) is 20.8 Å². The molecule has 1 atom stereocenters. The monoisotopic (exact) mass is 423 g/mol. The fraction of sp³-hybridized carbons (Fsp3) is 0.800. The summed E-state index contributed by atoms with van der Waals surface area (Å²) in [6, 6.07) is 0.390. The van der Waals surface area contributed by atoms with Gasteiger partial charge in [-0.25, -0.2) is 0 Å². The van der Waals surface area contributed by atoms with Crippen LogP contribution in [0.3, 0.4) is 0 Å². The van der Waals surface area contributed by atoms with Crippen molar-refractivity contribution in [1.29, 1.82) is 0 Å². The van der Waals surface area contributed by atoms with Gasteiger partial charge in [0.05, 0.1) is 0 Å². The average molecular weight is 423 g/mol. The maximum absolute atomic E-state index is 5.08. The van der Waals surface area contributed by atoms with Crippen molar-refractivity contribution < 1.29 is 4.52 Å². The summed E-state index contributed by atoms with van der Waals surface area (Å²) < 4.78 is 5.08. The van der Waals surface area contributed by atoms with Crippen LogP contribution in [0.4, 0.5) is 0 Å². The summed E-state index contributed by atoms with van der Waals surface area (Å²) >= 11 is 0. The Morgan fingerprint density at radius 1 is 1.36 bits per heavy atom. The maximum Gasteiger partial charge on any atom is 0.228 e. The highest BCUT2D eigenvalue weighted by Gasteiger charge is 2.13. The van der Waals surface area contributed by atoms with Gasteiger partial charge in [0.15, 0.2) is 11.8 Å². The number of aliphatic imine (C=N–C) groups is 1. The molecule has 1 unspecified atom stereocenters. The molecule has 0 aliphatic rings. The van der Waals surface area contributed by atoms with Crippen molar-refractivity contribution >= 4 is 29.9 Å². The lowest BCUT2D eigenvalue weighted by atomic mass is 9.89. The normalized spacial score (nSPS) is 13.5. The predicted octanol–water partition coefficient (Wildman–Crippen LogP) is 2.92. The Labute approximate surface area is 150 Å². The Bertz CT molecular complexity index is 453. The van der Waals surface area contributed by atoms with Crippen molar-refractivity contribution in [2.75, 3.05) is 13.6 Å². The van der Waals surface area contributed by atoms with Gasteiger partial charge in [0, 0.05) is 26.1 Å². The third kappa shape index (κ3) is 9.22. The van der Waals surface area contributed by atoms with Crippen LogP contribution in [0.5, 0.6) is 0 Å². The molecule has 1 heterocycles. The Hall–Kier alpha value is -0.860. The molecular formula is C15H30IN5O. The van der Waals surface area contributed by atoms with E-state index in [1.807, 2.05) is 6.92 Å². The maximum atomic E-state index is 5.08. The molecule has 1 aromatic heterocycles. The van der Waals surface area contributed by atoms with E-state index < -0.39 is 0 Å². The van der Waals surface area contributed by atoms with Gasteiger partial charge in [-0.1, -0.05) is 25.9 Å². The van der Waals surface area contributed by atoms with Crippen molar-refractivity contribution in [3.8, 4) is 0 Å². The van der Waals surface area contributed by atoms with E-state index >= 15 is 0 Å². The van der Waals surface area contributed by atoms with Gasteiger partial charge >= 0.3 is 0 Å². The first-order valence-electron chi connectivity index (χ1n) is 7.56. The van der Waals surface area contributed by atoms with E-state index in [1.54, 1.807) is 7.05 Å². The molecule has 0 radical (unpaired) electrons. The molecule has 0 saturated heterocycles. The summed E-state index contributed by atoms with van der Waals surface area (Å²) in [4.78, 5) is 8.41. The SMILES string of the molecule is CN=C(NCCc1nc(C)no1)NC(C)CCC(C)(C)C.I. The Morgan fingerprint density at radius 3 is 2.55 bits per heavy atom. The van der Waals surface area contributed by atoms with E-state index in [-0.39, 0.29) is 24.0 Å². The van der Waals surface area contributed by atoms with E-state index in [1.165, 1.54) is 6.42 Å². The molecule has 1 rings (SSSR count). The zero-order valence-corrected chi connectivity index (χ0v) is 16.9. The lowest BCUT2D eigenvalue weighted by molar-refractivity contribution is 0.346. The quantitative estimate of drug-likeness (QED) is 0.418. The highest BCUT2D eigenvalue weighted by atomic mass is 127. The molecule has 0 saturated carbocycles. The Morgan fingerprint density at radius 2 is 2.05 bits per heavy atom. The van der Waals surface area contributed by atoms with Crippen LogP contribution in [0, 0.1) is 12.3 Å². The van der Waals surface area contributed by atoms with Crippen LogP contribution in [-0.2, 0) is 6.42 Å². The number of nitrogens with zero attached hydrogens (tertiary/aromatic N) is 3. The first-order valence-corrected chi connectivity index (χ1v) is 7.56. The second kappa shape index (κ2) is 10.0. The first kappa shape index (κ1) is 21.1. The summed E-state index contributed by atoms with van der Waals surface area (Å²) in [6.45, 7) is 11.5. The van der Waals surface area contributed by atoms with E-state index in [2.05, 4.69) is 53.5 Å². The van der Waals surface area contributed by atoms with Crippen LogP contribution in [0.2, 0.25) is 0 Å². The molecule has 6 nitrogen and oxygen atoms in total. The number of guanidine groups is 1. The van der Waals surface area contributed by atoms with Gasteiger partial charge < -0.3 is 15.2 Å². The topological polar surface area (TPSA) is 75.3 Å². The summed E-state index contributed by atoms with van der Waals surface area (Å²) in [6.07, 6.45) is 2.99. The van der Waals surface area contributed by atoms with Crippen molar-refractivity contribution in [2.45, 2.75) is 59.9 Å². The molecule has 0 spiro atoms. The predicted molar refractivity (Wildman–Crippen MR) is 101 cm³/mol. The number of halogens is 1. The van der Waals surface area contributed by atoms with Crippen molar-refractivity contribution in [3.63, 3.8) is 0 Å². The molecule has 0 aliphatic carbocycles. The van der Waals surface area contributed by atoms with Crippen LogP contribution >= 0.6 is 24.0 Å². The molecule has 2 N–H and O–H groups in total. The second-order valence-electron chi connectivity index (χ2n) is 6.63. The molecule has 0 bridgehead atoms. The van der Waals surface area contributed by atoms with Crippen molar-refractivity contribution in [2.24, 2.45) is 10.4 Å². The lowest BCUT2D eigenvalue weighted by Gasteiger charge is -2.23. The largest absolute Gasteiger partial charge is 0.356 e. The number of aryl methyl sites for hydroxylation is 1. The fourth-order valence-corrected chi connectivity index (χ4v) is 1.88. The number of hydrogen-bond donors (Lipinski definition) is 2. The van der Waals surface area contributed by atoms with E-state index in [9.17, 15) is 0 Å². The summed E-state index contributed by atoms with van der Waals surface area (Å²) in [5.41, 5.74) is 0.364. The fourth-order valence-electron chi connectivity index (χ4n) is 1.88. The Balaban J connectivity index is 0.00000441. The van der Waals surface area contributed by atoms with Crippen LogP contribution in [-0.4, -0.2) is 35.7 Å². The van der Waals surface area contributed by atoms with Crippen LogP contribution in [0.15, 0.2) is 9.52 Å². The highest BCUT2D eigenvalue weighted by molar-refractivity contribution is 14.0. The van der Waals surface area contributed by atoms with E-state index in [0.717, 1.165) is 12.4 Å².